The van der Waals surface area contributed by atoms with Crippen LogP contribution in [-0.4, -0.2) is 5.54 Å². The summed E-state index contributed by atoms with van der Waals surface area (Å²) in [4.78, 5) is 0. The molecule has 0 spiro atoms. The van der Waals surface area contributed by atoms with E-state index in [1.54, 1.807) is 0 Å². The lowest BCUT2D eigenvalue weighted by atomic mass is 9.73. The molecule has 13 heavy (non-hydrogen) atoms. The molecule has 0 aliphatic carbocycles. The molecule has 0 aliphatic heterocycles. The smallest absolute Gasteiger partial charge is 0.0165 e. The fourth-order valence-electron chi connectivity index (χ4n) is 2.17. The molecule has 0 aromatic rings. The van der Waals surface area contributed by atoms with Gasteiger partial charge in [0.15, 0.2) is 0 Å². The first kappa shape index (κ1) is 13.0. The molecule has 1 radical (unpaired) electrons. The Hall–Kier alpha value is -0.0400. The quantitative estimate of drug-likeness (QED) is 0.699. The van der Waals surface area contributed by atoms with Crippen LogP contribution in [0.15, 0.2) is 0 Å². The molecule has 0 atom stereocenters. The van der Waals surface area contributed by atoms with Crippen molar-refractivity contribution in [1.82, 2.24) is 0 Å². The van der Waals surface area contributed by atoms with E-state index in [2.05, 4.69) is 48.5 Å². The van der Waals surface area contributed by atoms with Gasteiger partial charge in [0.05, 0.1) is 0 Å². The van der Waals surface area contributed by atoms with Crippen molar-refractivity contribution < 1.29 is 0 Å². The van der Waals surface area contributed by atoms with Crippen LogP contribution in [-0.2, 0) is 0 Å². The third kappa shape index (κ3) is 8.29. The van der Waals surface area contributed by atoms with Crippen LogP contribution in [0.5, 0.6) is 0 Å². The summed E-state index contributed by atoms with van der Waals surface area (Å²) < 4.78 is 0. The Bertz CT molecular complexity index is 137. The Kier molecular flexibility index (Phi) is 3.59. The van der Waals surface area contributed by atoms with Gasteiger partial charge >= 0.3 is 0 Å². The highest BCUT2D eigenvalue weighted by molar-refractivity contribution is 4.93. The van der Waals surface area contributed by atoms with Crippen molar-refractivity contribution in [2.24, 2.45) is 16.6 Å². The van der Waals surface area contributed by atoms with Crippen LogP contribution in [0.2, 0.25) is 0 Å². The molecule has 2 N–H and O–H groups in total. The standard InChI is InChI=1S/C12H26N/c1-10(2,3)8-12(7,13)9-11(4,5)6/h7-9,13H2,1-6H3. The number of hydrogen-bond donors (Lipinski definition) is 1. The second-order valence-electron chi connectivity index (χ2n) is 6.84. The summed E-state index contributed by atoms with van der Waals surface area (Å²) in [6.45, 7) is 17.4. The molecule has 0 heterocycles. The summed E-state index contributed by atoms with van der Waals surface area (Å²) in [5, 5.41) is 0. The summed E-state index contributed by atoms with van der Waals surface area (Å²) in [6, 6.07) is 0. The van der Waals surface area contributed by atoms with Crippen LogP contribution >= 0.6 is 0 Å². The van der Waals surface area contributed by atoms with Crippen LogP contribution in [0.1, 0.15) is 54.4 Å². The molecule has 0 fully saturated rings. The first-order chi connectivity index (χ1) is 5.41. The molecular formula is C12H26N. The second kappa shape index (κ2) is 3.61. The Morgan fingerprint density at radius 2 is 1.08 bits per heavy atom. The van der Waals surface area contributed by atoms with E-state index >= 15 is 0 Å². The normalized spacial score (nSPS) is 14.8. The molecular weight excluding hydrogens is 158 g/mol. The SMILES string of the molecule is [CH2]C(N)(CC(C)(C)C)CC(C)(C)C. The van der Waals surface area contributed by atoms with Crippen molar-refractivity contribution >= 4 is 0 Å². The maximum absolute atomic E-state index is 6.18. The van der Waals surface area contributed by atoms with Gasteiger partial charge in [-0.2, -0.15) is 0 Å². The Morgan fingerprint density at radius 1 is 0.846 bits per heavy atom. The average Bonchev–Trinajstić information content (AvgIpc) is 1.43. The first-order valence-corrected chi connectivity index (χ1v) is 5.06. The minimum atomic E-state index is -0.281. The van der Waals surface area contributed by atoms with Crippen LogP contribution in [0.3, 0.4) is 0 Å². The minimum Gasteiger partial charge on any atom is -0.325 e. The van der Waals surface area contributed by atoms with Crippen LogP contribution < -0.4 is 5.73 Å². The van der Waals surface area contributed by atoms with Crippen LogP contribution in [0.25, 0.3) is 0 Å². The lowest BCUT2D eigenvalue weighted by Crippen LogP contribution is -2.43. The largest absolute Gasteiger partial charge is 0.325 e. The number of nitrogens with two attached hydrogens (primary N) is 1. The van der Waals surface area contributed by atoms with Gasteiger partial charge in [-0.3, -0.25) is 0 Å². The average molecular weight is 184 g/mol. The summed E-state index contributed by atoms with van der Waals surface area (Å²) >= 11 is 0. The Morgan fingerprint density at radius 3 is 1.23 bits per heavy atom. The third-order valence-electron chi connectivity index (χ3n) is 1.76. The van der Waals surface area contributed by atoms with Gasteiger partial charge in [-0.15, -0.1) is 0 Å². The van der Waals surface area contributed by atoms with E-state index in [1.165, 1.54) is 0 Å². The van der Waals surface area contributed by atoms with Crippen molar-refractivity contribution in [1.29, 1.82) is 0 Å². The zero-order chi connectivity index (χ0) is 10.9. The summed E-state index contributed by atoms with van der Waals surface area (Å²) in [6.07, 6.45) is 1.94. The van der Waals surface area contributed by atoms with E-state index in [0.29, 0.717) is 0 Å². The predicted molar refractivity (Wildman–Crippen MR) is 60.4 cm³/mol. The summed E-state index contributed by atoms with van der Waals surface area (Å²) in [5.74, 6) is 0. The molecule has 79 valence electrons. The second-order valence-corrected chi connectivity index (χ2v) is 6.84. The van der Waals surface area contributed by atoms with Gasteiger partial charge in [0.25, 0.3) is 0 Å². The molecule has 1 heteroatoms. The van der Waals surface area contributed by atoms with Crippen LogP contribution in [0.4, 0.5) is 0 Å². The Balaban J connectivity index is 4.25. The van der Waals surface area contributed by atoms with E-state index in [4.69, 9.17) is 5.73 Å². The minimum absolute atomic E-state index is 0.266. The number of rotatable bonds is 2. The van der Waals surface area contributed by atoms with Gasteiger partial charge in [0, 0.05) is 5.54 Å². The molecule has 0 amide bonds. The molecule has 0 aromatic carbocycles. The van der Waals surface area contributed by atoms with Gasteiger partial charge in [0.1, 0.15) is 0 Å². The van der Waals surface area contributed by atoms with Crippen molar-refractivity contribution in [2.75, 3.05) is 0 Å². The lowest BCUT2D eigenvalue weighted by molar-refractivity contribution is 0.219. The van der Waals surface area contributed by atoms with Gasteiger partial charge in [-0.1, -0.05) is 41.5 Å². The highest BCUT2D eigenvalue weighted by atomic mass is 14.7. The molecule has 0 aromatic heterocycles. The maximum atomic E-state index is 6.18. The molecule has 0 rings (SSSR count). The maximum Gasteiger partial charge on any atom is 0.0165 e. The highest BCUT2D eigenvalue weighted by Crippen LogP contribution is 2.33. The molecule has 0 bridgehead atoms. The predicted octanol–water partition coefficient (Wildman–Crippen LogP) is 3.39. The molecule has 0 unspecified atom stereocenters. The monoisotopic (exact) mass is 184 g/mol. The topological polar surface area (TPSA) is 26.0 Å². The molecule has 0 saturated carbocycles. The highest BCUT2D eigenvalue weighted by Gasteiger charge is 2.30. The third-order valence-corrected chi connectivity index (χ3v) is 1.76. The van der Waals surface area contributed by atoms with E-state index in [0.717, 1.165) is 12.8 Å². The van der Waals surface area contributed by atoms with Gasteiger partial charge < -0.3 is 5.73 Å². The Labute approximate surface area is 84.1 Å². The van der Waals surface area contributed by atoms with Gasteiger partial charge in [0.2, 0.25) is 0 Å². The summed E-state index contributed by atoms with van der Waals surface area (Å²) in [7, 11) is 0. The first-order valence-electron chi connectivity index (χ1n) is 5.06. The molecule has 1 nitrogen and oxygen atoms in total. The van der Waals surface area contributed by atoms with Crippen molar-refractivity contribution in [3.63, 3.8) is 0 Å². The lowest BCUT2D eigenvalue weighted by Gasteiger charge is -2.36. The van der Waals surface area contributed by atoms with Crippen molar-refractivity contribution in [3.8, 4) is 0 Å². The zero-order valence-corrected chi connectivity index (χ0v) is 10.2. The van der Waals surface area contributed by atoms with E-state index in [1.807, 2.05) is 0 Å². The van der Waals surface area contributed by atoms with E-state index in [-0.39, 0.29) is 16.4 Å². The summed E-state index contributed by atoms with van der Waals surface area (Å²) in [5.41, 5.74) is 6.43. The fourth-order valence-corrected chi connectivity index (χ4v) is 2.17. The van der Waals surface area contributed by atoms with Crippen LogP contribution in [0, 0.1) is 17.8 Å². The number of hydrogen-bond acceptors (Lipinski definition) is 1. The van der Waals surface area contributed by atoms with E-state index in [9.17, 15) is 0 Å². The molecule has 0 aliphatic rings. The molecule has 0 saturated heterocycles. The van der Waals surface area contributed by atoms with Crippen molar-refractivity contribution in [2.45, 2.75) is 59.9 Å². The van der Waals surface area contributed by atoms with Crippen molar-refractivity contribution in [3.05, 3.63) is 6.92 Å². The van der Waals surface area contributed by atoms with Gasteiger partial charge in [-0.05, 0) is 30.6 Å². The fraction of sp³-hybridized carbons (Fsp3) is 0.917. The van der Waals surface area contributed by atoms with E-state index < -0.39 is 0 Å². The van der Waals surface area contributed by atoms with Gasteiger partial charge in [-0.25, -0.2) is 0 Å². The zero-order valence-electron chi connectivity index (χ0n) is 10.2.